The van der Waals surface area contributed by atoms with Crippen LogP contribution in [0.2, 0.25) is 0 Å². The van der Waals surface area contributed by atoms with Crippen LogP contribution in [0.25, 0.3) is 0 Å². The second-order valence-electron chi connectivity index (χ2n) is 12.9. The Morgan fingerprint density at radius 3 is 1.56 bits per heavy atom. The molecule has 0 aliphatic carbocycles. The maximum Gasteiger partial charge on any atom is 0.305 e. The minimum Gasteiger partial charge on any atom is -0.465 e. The molecule has 2 atom stereocenters. The van der Waals surface area contributed by atoms with E-state index in [0.29, 0.717) is 18.9 Å². The van der Waals surface area contributed by atoms with E-state index in [-0.39, 0.29) is 12.1 Å². The predicted octanol–water partition coefficient (Wildman–Crippen LogP) is 12.4. The topological polar surface area (TPSA) is 46.5 Å². The number of carbonyl (C=O) groups excluding carboxylic acids is 1. The number of ether oxygens (including phenoxy) is 1. The van der Waals surface area contributed by atoms with E-state index in [4.69, 9.17) is 4.74 Å². The molecule has 0 saturated heterocycles. The third-order valence-corrected chi connectivity index (χ3v) is 8.63. The summed E-state index contributed by atoms with van der Waals surface area (Å²) in [5, 5.41) is 10.0. The molecule has 0 fully saturated rings. The van der Waals surface area contributed by atoms with E-state index in [9.17, 15) is 9.90 Å². The molecular weight excluding hydrogens is 504 g/mol. The molecule has 1 N–H and O–H groups in total. The van der Waals surface area contributed by atoms with Gasteiger partial charge in [0.05, 0.1) is 12.7 Å². The average Bonchev–Trinajstić information content (AvgIpc) is 2.97. The van der Waals surface area contributed by atoms with Crippen LogP contribution in [0.4, 0.5) is 0 Å². The van der Waals surface area contributed by atoms with Gasteiger partial charge in [0.1, 0.15) is 0 Å². The maximum absolute atomic E-state index is 12.4. The molecule has 0 heterocycles. The lowest BCUT2D eigenvalue weighted by Gasteiger charge is -2.17. The van der Waals surface area contributed by atoms with Crippen LogP contribution in [0.1, 0.15) is 207 Å². The summed E-state index contributed by atoms with van der Waals surface area (Å²) in [5.74, 6) is 0.575. The van der Waals surface area contributed by atoms with Crippen LogP contribution in [-0.2, 0) is 9.53 Å². The minimum atomic E-state index is -0.168. The van der Waals surface area contributed by atoms with Crippen molar-refractivity contribution >= 4 is 5.97 Å². The molecule has 0 aliphatic rings. The van der Waals surface area contributed by atoms with Crippen LogP contribution in [0.3, 0.4) is 0 Å². The van der Waals surface area contributed by atoms with Crippen molar-refractivity contribution in [2.24, 2.45) is 5.92 Å². The van der Waals surface area contributed by atoms with Gasteiger partial charge < -0.3 is 9.84 Å². The van der Waals surface area contributed by atoms with Gasteiger partial charge in [0.25, 0.3) is 0 Å². The highest BCUT2D eigenvalue weighted by atomic mass is 16.5. The molecule has 2 unspecified atom stereocenters. The molecule has 0 aromatic rings. The normalized spacial score (nSPS) is 13.2. The standard InChI is InChI=1S/C38H74O3/c1-4-7-10-13-15-18-22-26-31-36(30-25-21-14-11-8-5-2)35-41-38(40)34-29-24-20-17-16-19-23-28-33-37(39)32-27-12-9-6-3/h23,28,36-37,39H,4-22,24-27,29-35H2,1-3H3/b28-23-. The van der Waals surface area contributed by atoms with Gasteiger partial charge >= 0.3 is 5.97 Å². The van der Waals surface area contributed by atoms with E-state index >= 15 is 0 Å². The van der Waals surface area contributed by atoms with Crippen molar-refractivity contribution in [3.63, 3.8) is 0 Å². The Bertz CT molecular complexity index is 544. The molecule has 3 heteroatoms. The Hall–Kier alpha value is -0.830. The third-order valence-electron chi connectivity index (χ3n) is 8.63. The summed E-state index contributed by atoms with van der Waals surface area (Å²) in [6.45, 7) is 7.42. The molecule has 0 rings (SSSR count). The monoisotopic (exact) mass is 579 g/mol. The van der Waals surface area contributed by atoms with E-state index in [0.717, 1.165) is 38.5 Å². The first-order valence-corrected chi connectivity index (χ1v) is 18.6. The van der Waals surface area contributed by atoms with Crippen molar-refractivity contribution in [1.29, 1.82) is 0 Å². The van der Waals surface area contributed by atoms with Gasteiger partial charge in [-0.3, -0.25) is 4.79 Å². The van der Waals surface area contributed by atoms with Gasteiger partial charge in [0, 0.05) is 6.42 Å². The lowest BCUT2D eigenvalue weighted by Crippen LogP contribution is -2.14. The van der Waals surface area contributed by atoms with Crippen LogP contribution >= 0.6 is 0 Å². The maximum atomic E-state index is 12.4. The number of hydrogen-bond donors (Lipinski definition) is 1. The highest BCUT2D eigenvalue weighted by Gasteiger charge is 2.12. The second kappa shape index (κ2) is 33.7. The van der Waals surface area contributed by atoms with Crippen molar-refractivity contribution in [2.45, 2.75) is 213 Å². The number of aliphatic hydroxyl groups is 1. The molecule has 0 radical (unpaired) electrons. The van der Waals surface area contributed by atoms with Gasteiger partial charge in [-0.1, -0.05) is 168 Å². The van der Waals surface area contributed by atoms with Gasteiger partial charge in [-0.15, -0.1) is 0 Å². The largest absolute Gasteiger partial charge is 0.465 e. The first kappa shape index (κ1) is 40.2. The molecule has 0 aliphatic heterocycles. The molecule has 0 saturated carbocycles. The fourth-order valence-corrected chi connectivity index (χ4v) is 5.73. The molecule has 0 amide bonds. The van der Waals surface area contributed by atoms with Gasteiger partial charge in [-0.05, 0) is 50.9 Å². The van der Waals surface area contributed by atoms with Crippen LogP contribution in [0, 0.1) is 5.92 Å². The fourth-order valence-electron chi connectivity index (χ4n) is 5.73. The number of rotatable bonds is 33. The zero-order valence-corrected chi connectivity index (χ0v) is 28.3. The van der Waals surface area contributed by atoms with E-state index in [1.165, 1.54) is 141 Å². The number of esters is 1. The zero-order chi connectivity index (χ0) is 30.1. The smallest absolute Gasteiger partial charge is 0.305 e. The summed E-state index contributed by atoms with van der Waals surface area (Å²) in [4.78, 5) is 12.4. The molecule has 244 valence electrons. The molecule has 41 heavy (non-hydrogen) atoms. The fraction of sp³-hybridized carbons (Fsp3) is 0.921. The number of aliphatic hydroxyl groups excluding tert-OH is 1. The Balaban J connectivity index is 3.92. The molecular formula is C38H74O3. The lowest BCUT2D eigenvalue weighted by atomic mass is 9.94. The van der Waals surface area contributed by atoms with Crippen molar-refractivity contribution in [3.05, 3.63) is 12.2 Å². The van der Waals surface area contributed by atoms with E-state index in [2.05, 4.69) is 32.9 Å². The molecule has 0 spiro atoms. The van der Waals surface area contributed by atoms with Crippen LogP contribution in [0.5, 0.6) is 0 Å². The van der Waals surface area contributed by atoms with Crippen molar-refractivity contribution in [2.75, 3.05) is 6.61 Å². The number of carbonyl (C=O) groups is 1. The lowest BCUT2D eigenvalue weighted by molar-refractivity contribution is -0.145. The predicted molar refractivity (Wildman–Crippen MR) is 181 cm³/mol. The highest BCUT2D eigenvalue weighted by Crippen LogP contribution is 2.20. The summed E-state index contributed by atoms with van der Waals surface area (Å²) in [6.07, 6.45) is 39.6. The Morgan fingerprint density at radius 2 is 1.00 bits per heavy atom. The Kier molecular flexibility index (Phi) is 33.0. The molecule has 3 nitrogen and oxygen atoms in total. The zero-order valence-electron chi connectivity index (χ0n) is 28.3. The molecule has 0 aromatic carbocycles. The number of allylic oxidation sites excluding steroid dienone is 1. The van der Waals surface area contributed by atoms with Gasteiger partial charge in [-0.25, -0.2) is 0 Å². The van der Waals surface area contributed by atoms with E-state index in [1.54, 1.807) is 0 Å². The summed E-state index contributed by atoms with van der Waals surface area (Å²) >= 11 is 0. The van der Waals surface area contributed by atoms with Crippen molar-refractivity contribution in [3.8, 4) is 0 Å². The van der Waals surface area contributed by atoms with Gasteiger partial charge in [0.2, 0.25) is 0 Å². The van der Waals surface area contributed by atoms with Crippen LogP contribution < -0.4 is 0 Å². The Morgan fingerprint density at radius 1 is 0.561 bits per heavy atom. The van der Waals surface area contributed by atoms with E-state index < -0.39 is 0 Å². The average molecular weight is 579 g/mol. The summed E-state index contributed by atoms with van der Waals surface area (Å²) in [7, 11) is 0. The highest BCUT2D eigenvalue weighted by molar-refractivity contribution is 5.69. The summed E-state index contributed by atoms with van der Waals surface area (Å²) in [5.41, 5.74) is 0. The third kappa shape index (κ3) is 31.9. The number of unbranched alkanes of at least 4 members (excludes halogenated alkanes) is 20. The molecule has 0 bridgehead atoms. The molecule has 0 aromatic heterocycles. The minimum absolute atomic E-state index is 0.0186. The first-order valence-electron chi connectivity index (χ1n) is 18.6. The van der Waals surface area contributed by atoms with Gasteiger partial charge in [0.15, 0.2) is 0 Å². The van der Waals surface area contributed by atoms with Crippen molar-refractivity contribution < 1.29 is 14.6 Å². The second-order valence-corrected chi connectivity index (χ2v) is 12.9. The SMILES string of the molecule is CCCCCCCCCCC(CCCCCCCC)COC(=O)CCCCCCC/C=C\CC(O)CCCCCC. The van der Waals surface area contributed by atoms with Crippen LogP contribution in [-0.4, -0.2) is 23.8 Å². The van der Waals surface area contributed by atoms with Crippen molar-refractivity contribution in [1.82, 2.24) is 0 Å². The summed E-state index contributed by atoms with van der Waals surface area (Å²) < 4.78 is 5.78. The Labute approximate surface area is 258 Å². The van der Waals surface area contributed by atoms with E-state index in [1.807, 2.05) is 0 Å². The van der Waals surface area contributed by atoms with Crippen LogP contribution in [0.15, 0.2) is 12.2 Å². The van der Waals surface area contributed by atoms with Gasteiger partial charge in [-0.2, -0.15) is 0 Å². The summed E-state index contributed by atoms with van der Waals surface area (Å²) in [6, 6.07) is 0. The quantitative estimate of drug-likeness (QED) is 0.0478. The number of hydrogen-bond acceptors (Lipinski definition) is 3. The first-order chi connectivity index (χ1) is 20.1.